The molecule has 2 aliphatic rings. The third-order valence-corrected chi connectivity index (χ3v) is 4.65. The van der Waals surface area contributed by atoms with Crippen LogP contribution in [0, 0.1) is 6.42 Å². The number of aryl methyl sites for hydroxylation is 1. The monoisotopic (exact) mass is 253 g/mol. The number of hydrogen-bond acceptors (Lipinski definition) is 0. The van der Waals surface area contributed by atoms with Crippen molar-refractivity contribution >= 4 is 6.08 Å². The van der Waals surface area contributed by atoms with Gasteiger partial charge in [0.05, 0.1) is 0 Å². The summed E-state index contributed by atoms with van der Waals surface area (Å²) in [6.07, 6.45) is 20.7. The Hall–Kier alpha value is -1.04. The molecule has 0 saturated carbocycles. The lowest BCUT2D eigenvalue weighted by molar-refractivity contribution is 0.559. The van der Waals surface area contributed by atoms with E-state index in [1.165, 1.54) is 75.3 Å². The van der Waals surface area contributed by atoms with E-state index in [0.717, 1.165) is 0 Å². The predicted octanol–water partition coefficient (Wildman–Crippen LogP) is 5.49. The maximum atomic E-state index is 2.39. The molecule has 0 N–H and O–H groups in total. The first-order chi connectivity index (χ1) is 9.45. The molecule has 0 fully saturated rings. The average Bonchev–Trinajstić information content (AvgIpc) is 2.88. The van der Waals surface area contributed by atoms with E-state index in [0.29, 0.717) is 0 Å². The second-order valence-corrected chi connectivity index (χ2v) is 6.06. The maximum absolute atomic E-state index is 2.39. The van der Waals surface area contributed by atoms with Crippen molar-refractivity contribution in [2.24, 2.45) is 0 Å². The second-order valence-electron chi connectivity index (χ2n) is 6.06. The summed E-state index contributed by atoms with van der Waals surface area (Å²) < 4.78 is 0. The first-order valence-corrected chi connectivity index (χ1v) is 8.11. The molecule has 0 bridgehead atoms. The molecule has 0 amide bonds. The van der Waals surface area contributed by atoms with Crippen molar-refractivity contribution in [1.82, 2.24) is 0 Å². The van der Waals surface area contributed by atoms with Gasteiger partial charge in [-0.25, -0.2) is 0 Å². The predicted molar refractivity (Wildman–Crippen MR) is 83.2 cm³/mol. The Bertz CT molecular complexity index is 453. The molecular weight excluding hydrogens is 228 g/mol. The van der Waals surface area contributed by atoms with Crippen molar-refractivity contribution in [3.8, 4) is 0 Å². The third-order valence-electron chi connectivity index (χ3n) is 4.65. The molecule has 19 heavy (non-hydrogen) atoms. The summed E-state index contributed by atoms with van der Waals surface area (Å²) in [5.41, 5.74) is 6.24. The summed E-state index contributed by atoms with van der Waals surface area (Å²) in [5.74, 6) is 0. The van der Waals surface area contributed by atoms with Gasteiger partial charge in [0.2, 0.25) is 0 Å². The first kappa shape index (κ1) is 13.0. The summed E-state index contributed by atoms with van der Waals surface area (Å²) >= 11 is 0. The van der Waals surface area contributed by atoms with Crippen LogP contribution in [0.2, 0.25) is 0 Å². The van der Waals surface area contributed by atoms with Gasteiger partial charge in [-0.3, -0.25) is 0 Å². The lowest BCUT2D eigenvalue weighted by Crippen LogP contribution is -2.01. The van der Waals surface area contributed by atoms with Gasteiger partial charge >= 0.3 is 0 Å². The van der Waals surface area contributed by atoms with Gasteiger partial charge in [-0.15, -0.1) is 0 Å². The maximum Gasteiger partial charge on any atom is 0.0131 e. The van der Waals surface area contributed by atoms with Crippen molar-refractivity contribution in [3.63, 3.8) is 0 Å². The number of allylic oxidation sites excluding steroid dienone is 1. The highest BCUT2D eigenvalue weighted by molar-refractivity contribution is 5.69. The van der Waals surface area contributed by atoms with Gasteiger partial charge < -0.3 is 0 Å². The van der Waals surface area contributed by atoms with Gasteiger partial charge in [-0.05, 0) is 47.9 Å². The third kappa shape index (κ3) is 3.11. The molecule has 0 saturated heterocycles. The zero-order chi connectivity index (χ0) is 12.9. The normalized spacial score (nSPS) is 20.2. The van der Waals surface area contributed by atoms with Crippen LogP contribution in [0.5, 0.6) is 0 Å². The Kier molecular flexibility index (Phi) is 4.37. The molecule has 1 aromatic carbocycles. The highest BCUT2D eigenvalue weighted by Crippen LogP contribution is 2.30. The van der Waals surface area contributed by atoms with Crippen LogP contribution in [-0.4, -0.2) is 0 Å². The Balaban J connectivity index is 1.83. The van der Waals surface area contributed by atoms with Gasteiger partial charge in [-0.1, -0.05) is 62.8 Å². The van der Waals surface area contributed by atoms with Crippen LogP contribution in [0.4, 0.5) is 0 Å². The number of fused-ring (bicyclic) bond motifs is 3. The van der Waals surface area contributed by atoms with Crippen LogP contribution in [0.1, 0.15) is 73.6 Å². The minimum absolute atomic E-state index is 1.29. The topological polar surface area (TPSA) is 0 Å². The standard InChI is InChI=1S/C19H25/c1-2-4-6-8-12-18-16(10-7-5-3-1)14-15-17-11-9-13-19(17)18/h9,11,13-15H,1-8,10,12H2. The van der Waals surface area contributed by atoms with Gasteiger partial charge in [-0.2, -0.15) is 0 Å². The lowest BCUT2D eigenvalue weighted by Gasteiger charge is -2.15. The van der Waals surface area contributed by atoms with E-state index in [4.69, 9.17) is 0 Å². The molecule has 0 nitrogen and oxygen atoms in total. The summed E-state index contributed by atoms with van der Waals surface area (Å²) in [5, 5.41) is 0. The molecule has 1 radical (unpaired) electrons. The largest absolute Gasteiger partial charge is 0.0754 e. The summed E-state index contributed by atoms with van der Waals surface area (Å²) in [6.45, 7) is 0. The molecular formula is C19H25. The lowest BCUT2D eigenvalue weighted by atomic mass is 9.90. The number of benzene rings is 1. The van der Waals surface area contributed by atoms with E-state index >= 15 is 0 Å². The zero-order valence-corrected chi connectivity index (χ0v) is 12.0. The van der Waals surface area contributed by atoms with Crippen molar-refractivity contribution in [3.05, 3.63) is 46.9 Å². The first-order valence-electron chi connectivity index (χ1n) is 8.11. The van der Waals surface area contributed by atoms with Gasteiger partial charge in [0.15, 0.2) is 0 Å². The fourth-order valence-electron chi connectivity index (χ4n) is 3.53. The van der Waals surface area contributed by atoms with Gasteiger partial charge in [0, 0.05) is 6.42 Å². The van der Waals surface area contributed by atoms with Crippen molar-refractivity contribution < 1.29 is 0 Å². The number of hydrogen-bond donors (Lipinski definition) is 0. The average molecular weight is 253 g/mol. The SMILES string of the molecule is [CH]1C=Cc2c1ccc1c2CCCCCCCCCC1. The second kappa shape index (κ2) is 6.41. The molecule has 0 heterocycles. The molecule has 0 heteroatoms. The fourth-order valence-corrected chi connectivity index (χ4v) is 3.53. The fraction of sp³-hybridized carbons (Fsp3) is 0.526. The van der Waals surface area contributed by atoms with Crippen molar-refractivity contribution in [1.29, 1.82) is 0 Å². The highest BCUT2D eigenvalue weighted by atomic mass is 14.2. The molecule has 0 aromatic heterocycles. The molecule has 0 spiro atoms. The molecule has 0 atom stereocenters. The van der Waals surface area contributed by atoms with Crippen molar-refractivity contribution in [2.45, 2.75) is 64.2 Å². The summed E-state index contributed by atoms with van der Waals surface area (Å²) in [4.78, 5) is 0. The summed E-state index contributed by atoms with van der Waals surface area (Å²) in [6, 6.07) is 4.71. The van der Waals surface area contributed by atoms with Crippen LogP contribution in [0.25, 0.3) is 6.08 Å². The Labute approximate surface area is 117 Å². The van der Waals surface area contributed by atoms with E-state index in [1.54, 1.807) is 11.1 Å². The smallest absolute Gasteiger partial charge is 0.0131 e. The van der Waals surface area contributed by atoms with Crippen molar-refractivity contribution in [2.75, 3.05) is 0 Å². The Morgan fingerprint density at radius 3 is 2.16 bits per heavy atom. The quantitative estimate of drug-likeness (QED) is 0.574. The molecule has 0 unspecified atom stereocenters. The van der Waals surface area contributed by atoms with Crippen LogP contribution < -0.4 is 0 Å². The molecule has 1 aromatic rings. The highest BCUT2D eigenvalue weighted by Gasteiger charge is 2.14. The van der Waals surface area contributed by atoms with Crippen LogP contribution in [0.3, 0.4) is 0 Å². The summed E-state index contributed by atoms with van der Waals surface area (Å²) in [7, 11) is 0. The van der Waals surface area contributed by atoms with Gasteiger partial charge in [0.25, 0.3) is 0 Å². The van der Waals surface area contributed by atoms with E-state index in [1.807, 2.05) is 0 Å². The van der Waals surface area contributed by atoms with E-state index in [2.05, 4.69) is 30.7 Å². The molecule has 3 rings (SSSR count). The molecule has 101 valence electrons. The van der Waals surface area contributed by atoms with Gasteiger partial charge in [0.1, 0.15) is 0 Å². The van der Waals surface area contributed by atoms with Crippen LogP contribution in [0.15, 0.2) is 18.2 Å². The molecule has 0 aliphatic heterocycles. The Morgan fingerprint density at radius 1 is 0.684 bits per heavy atom. The van der Waals surface area contributed by atoms with E-state index in [-0.39, 0.29) is 0 Å². The Morgan fingerprint density at radius 2 is 1.37 bits per heavy atom. The van der Waals surface area contributed by atoms with Crippen LogP contribution >= 0.6 is 0 Å². The molecule has 2 aliphatic carbocycles. The zero-order valence-electron chi connectivity index (χ0n) is 12.0. The van der Waals surface area contributed by atoms with E-state index in [9.17, 15) is 0 Å². The number of rotatable bonds is 0. The van der Waals surface area contributed by atoms with E-state index < -0.39 is 0 Å². The minimum atomic E-state index is 1.29. The van der Waals surface area contributed by atoms with Crippen LogP contribution in [-0.2, 0) is 12.8 Å². The minimum Gasteiger partial charge on any atom is -0.0754 e.